The molecular weight excluding hydrogens is 546 g/mol. The maximum Gasteiger partial charge on any atom is 0.433 e. The van der Waals surface area contributed by atoms with Crippen molar-refractivity contribution in [3.8, 4) is 17.4 Å². The summed E-state index contributed by atoms with van der Waals surface area (Å²) in [6, 6.07) is 5.41. The molecule has 0 spiro atoms. The number of rotatable bonds is 8. The van der Waals surface area contributed by atoms with E-state index >= 15 is 0 Å². The predicted octanol–water partition coefficient (Wildman–Crippen LogP) is 4.26. The van der Waals surface area contributed by atoms with Crippen molar-refractivity contribution in [2.24, 2.45) is 0 Å². The Balaban J connectivity index is 1.25. The van der Waals surface area contributed by atoms with Crippen molar-refractivity contribution in [3.63, 3.8) is 0 Å². The molecule has 1 aromatic carbocycles. The number of carbonyl (C=O) groups excluding carboxylic acids is 1. The molecule has 1 aliphatic heterocycles. The third-order valence-electron chi connectivity index (χ3n) is 6.72. The molecule has 0 atom stereocenters. The SMILES string of the molecule is Cc1c(OCCN2CCN(C)CC2)cn2ncnc(Oc3ccc(NC(=O)c4ccc(C(F)(F)F)nc4)cc3F)c12. The minimum Gasteiger partial charge on any atom is -0.490 e. The molecule has 4 heterocycles. The standard InChI is InChI=1S/C27H27F4N7O3/c1-17-22(40-12-11-37-9-7-36(2)8-10-37)15-38-24(17)26(33-16-34-38)41-21-5-4-19(13-20(21)28)35-25(39)18-3-6-23(32-14-18)27(29,30)31/h3-6,13-16H,7-12H2,1-2H3,(H,35,39). The van der Waals surface area contributed by atoms with Gasteiger partial charge in [-0.1, -0.05) is 0 Å². The lowest BCUT2D eigenvalue weighted by atomic mass is 10.2. The van der Waals surface area contributed by atoms with Gasteiger partial charge in [0.25, 0.3) is 5.91 Å². The number of benzene rings is 1. The van der Waals surface area contributed by atoms with Crippen molar-refractivity contribution in [1.82, 2.24) is 29.4 Å². The molecular formula is C27H27F4N7O3. The Morgan fingerprint density at radius 2 is 1.85 bits per heavy atom. The fourth-order valence-electron chi connectivity index (χ4n) is 4.35. The van der Waals surface area contributed by atoms with E-state index < -0.39 is 23.6 Å². The molecule has 41 heavy (non-hydrogen) atoms. The fraction of sp³-hybridized carbons (Fsp3) is 0.333. The average molecular weight is 574 g/mol. The molecule has 5 rings (SSSR count). The summed E-state index contributed by atoms with van der Waals surface area (Å²) in [5, 5.41) is 6.64. The molecule has 0 aliphatic carbocycles. The van der Waals surface area contributed by atoms with Crippen LogP contribution in [0.15, 0.2) is 49.1 Å². The molecule has 0 unspecified atom stereocenters. The maximum atomic E-state index is 14.9. The number of amides is 1. The first-order valence-corrected chi connectivity index (χ1v) is 12.8. The number of hydrogen-bond acceptors (Lipinski definition) is 8. The van der Waals surface area contributed by atoms with Crippen LogP contribution in [0.5, 0.6) is 17.4 Å². The Kier molecular flexibility index (Phi) is 8.03. The van der Waals surface area contributed by atoms with E-state index in [-0.39, 0.29) is 22.9 Å². The van der Waals surface area contributed by atoms with Gasteiger partial charge in [0.15, 0.2) is 11.6 Å². The second-order valence-corrected chi connectivity index (χ2v) is 9.60. The van der Waals surface area contributed by atoms with E-state index in [1.807, 2.05) is 6.92 Å². The number of pyridine rings is 1. The highest BCUT2D eigenvalue weighted by Crippen LogP contribution is 2.33. The van der Waals surface area contributed by atoms with Crippen molar-refractivity contribution in [1.29, 1.82) is 0 Å². The monoisotopic (exact) mass is 573 g/mol. The van der Waals surface area contributed by atoms with Gasteiger partial charge in [-0.05, 0) is 38.2 Å². The number of nitrogens with one attached hydrogen (secondary N) is 1. The quantitative estimate of drug-likeness (QED) is 0.313. The van der Waals surface area contributed by atoms with Gasteiger partial charge in [0.2, 0.25) is 5.88 Å². The number of piperazine rings is 1. The topological polar surface area (TPSA) is 97.1 Å². The van der Waals surface area contributed by atoms with Gasteiger partial charge < -0.3 is 19.7 Å². The van der Waals surface area contributed by atoms with E-state index in [1.54, 1.807) is 10.7 Å². The molecule has 1 aliphatic rings. The van der Waals surface area contributed by atoms with Crippen LogP contribution in [-0.2, 0) is 6.18 Å². The zero-order valence-electron chi connectivity index (χ0n) is 22.3. The lowest BCUT2D eigenvalue weighted by Crippen LogP contribution is -2.45. The summed E-state index contributed by atoms with van der Waals surface area (Å²) < 4.78 is 66.4. The first-order chi connectivity index (χ1) is 19.6. The average Bonchev–Trinajstić information content (AvgIpc) is 3.27. The zero-order chi connectivity index (χ0) is 29.1. The van der Waals surface area contributed by atoms with Crippen molar-refractivity contribution in [3.05, 3.63) is 71.7 Å². The van der Waals surface area contributed by atoms with Crippen LogP contribution in [0, 0.1) is 12.7 Å². The molecule has 3 aromatic heterocycles. The number of nitrogens with zero attached hydrogens (tertiary/aromatic N) is 6. The summed E-state index contributed by atoms with van der Waals surface area (Å²) in [5.74, 6) is -0.977. The van der Waals surface area contributed by atoms with Crippen molar-refractivity contribution in [2.45, 2.75) is 13.1 Å². The number of hydrogen-bond donors (Lipinski definition) is 1. The summed E-state index contributed by atoms with van der Waals surface area (Å²) in [5.41, 5.74) is 0.0694. The lowest BCUT2D eigenvalue weighted by molar-refractivity contribution is -0.141. The molecule has 14 heteroatoms. The molecule has 1 fully saturated rings. The van der Waals surface area contributed by atoms with Crippen LogP contribution >= 0.6 is 0 Å². The number of likely N-dealkylation sites (N-methyl/N-ethyl adjacent to an activating group) is 1. The number of fused-ring (bicyclic) bond motifs is 1. The van der Waals surface area contributed by atoms with Crippen LogP contribution in [0.3, 0.4) is 0 Å². The Bertz CT molecular complexity index is 1530. The summed E-state index contributed by atoms with van der Waals surface area (Å²) >= 11 is 0. The largest absolute Gasteiger partial charge is 0.490 e. The second kappa shape index (κ2) is 11.7. The highest BCUT2D eigenvalue weighted by Gasteiger charge is 2.32. The minimum absolute atomic E-state index is 0.0717. The van der Waals surface area contributed by atoms with Crippen LogP contribution in [0.1, 0.15) is 21.6 Å². The third kappa shape index (κ3) is 6.55. The van der Waals surface area contributed by atoms with Gasteiger partial charge in [0.1, 0.15) is 29.9 Å². The number of aryl methyl sites for hydroxylation is 1. The number of anilines is 1. The maximum absolute atomic E-state index is 14.9. The summed E-state index contributed by atoms with van der Waals surface area (Å²) in [4.78, 5) is 24.5. The Labute approximate surface area is 232 Å². The Morgan fingerprint density at radius 1 is 1.07 bits per heavy atom. The van der Waals surface area contributed by atoms with Crippen molar-refractivity contribution in [2.75, 3.05) is 51.7 Å². The molecule has 0 bridgehead atoms. The van der Waals surface area contributed by atoms with E-state index in [0.717, 1.165) is 56.6 Å². The molecule has 216 valence electrons. The number of ether oxygens (including phenoxy) is 2. The van der Waals surface area contributed by atoms with E-state index in [2.05, 4.69) is 37.2 Å². The van der Waals surface area contributed by atoms with Crippen LogP contribution in [0.4, 0.5) is 23.2 Å². The number of halogens is 4. The third-order valence-corrected chi connectivity index (χ3v) is 6.72. The molecule has 1 saturated heterocycles. The van der Waals surface area contributed by atoms with Crippen LogP contribution in [0.25, 0.3) is 5.52 Å². The van der Waals surface area contributed by atoms with Crippen molar-refractivity contribution < 1.29 is 31.8 Å². The number of aromatic nitrogens is 4. The van der Waals surface area contributed by atoms with Crippen LogP contribution in [-0.4, -0.2) is 81.7 Å². The zero-order valence-corrected chi connectivity index (χ0v) is 22.3. The Hall–Kier alpha value is -4.30. The highest BCUT2D eigenvalue weighted by atomic mass is 19.4. The van der Waals surface area contributed by atoms with E-state index in [1.165, 1.54) is 18.5 Å². The molecule has 10 nitrogen and oxygen atoms in total. The molecule has 4 aromatic rings. The van der Waals surface area contributed by atoms with E-state index in [0.29, 0.717) is 23.9 Å². The normalized spacial score (nSPS) is 14.8. The first-order valence-electron chi connectivity index (χ1n) is 12.8. The molecule has 1 amide bonds. The van der Waals surface area contributed by atoms with Crippen LogP contribution in [0.2, 0.25) is 0 Å². The summed E-state index contributed by atoms with van der Waals surface area (Å²) in [6.07, 6.45) is -0.826. The summed E-state index contributed by atoms with van der Waals surface area (Å²) in [7, 11) is 2.10. The molecule has 1 N–H and O–H groups in total. The fourth-order valence-corrected chi connectivity index (χ4v) is 4.35. The Morgan fingerprint density at radius 3 is 2.54 bits per heavy atom. The van der Waals surface area contributed by atoms with Gasteiger partial charge in [0.05, 0.1) is 11.8 Å². The second-order valence-electron chi connectivity index (χ2n) is 9.60. The van der Waals surface area contributed by atoms with Gasteiger partial charge in [-0.25, -0.2) is 8.91 Å². The van der Waals surface area contributed by atoms with Crippen molar-refractivity contribution >= 4 is 17.1 Å². The molecule has 0 saturated carbocycles. The summed E-state index contributed by atoms with van der Waals surface area (Å²) in [6.45, 7) is 7.13. The number of carbonyl (C=O) groups is 1. The highest BCUT2D eigenvalue weighted by molar-refractivity contribution is 6.04. The predicted molar refractivity (Wildman–Crippen MR) is 141 cm³/mol. The van der Waals surface area contributed by atoms with E-state index in [4.69, 9.17) is 9.47 Å². The van der Waals surface area contributed by atoms with Gasteiger partial charge in [-0.3, -0.25) is 14.7 Å². The number of alkyl halides is 3. The first kappa shape index (κ1) is 28.2. The van der Waals surface area contributed by atoms with Crippen LogP contribution < -0.4 is 14.8 Å². The molecule has 0 radical (unpaired) electrons. The van der Waals surface area contributed by atoms with Gasteiger partial charge in [0, 0.05) is 56.2 Å². The van der Waals surface area contributed by atoms with Gasteiger partial charge in [-0.15, -0.1) is 0 Å². The smallest absolute Gasteiger partial charge is 0.433 e. The van der Waals surface area contributed by atoms with E-state index in [9.17, 15) is 22.4 Å². The lowest BCUT2D eigenvalue weighted by Gasteiger charge is -2.32. The van der Waals surface area contributed by atoms with Gasteiger partial charge >= 0.3 is 6.18 Å². The van der Waals surface area contributed by atoms with Gasteiger partial charge in [-0.2, -0.15) is 23.3 Å². The minimum atomic E-state index is -4.62.